The van der Waals surface area contributed by atoms with Gasteiger partial charge >= 0.3 is 0 Å². The normalized spacial score (nSPS) is 21.9. The molecule has 0 aliphatic carbocycles. The third-order valence-electron chi connectivity index (χ3n) is 4.61. The summed E-state index contributed by atoms with van der Waals surface area (Å²) < 4.78 is 1.89. The maximum atomic E-state index is 12.3. The van der Waals surface area contributed by atoms with E-state index in [4.69, 9.17) is 0 Å². The second-order valence-electron chi connectivity index (χ2n) is 8.26. The molecule has 1 aliphatic rings. The fourth-order valence-electron chi connectivity index (χ4n) is 3.31. The summed E-state index contributed by atoms with van der Waals surface area (Å²) >= 11 is 0. The van der Waals surface area contributed by atoms with Crippen LogP contribution in [0.2, 0.25) is 0 Å². The van der Waals surface area contributed by atoms with Crippen molar-refractivity contribution in [3.05, 3.63) is 12.5 Å². The number of carbonyl (C=O) groups excluding carboxylic acids is 1. The SMILES string of the molecule is C[C@@H]1CN(CCn2ncc3c(NC(=O)C(C)(C)C)ncnc32)C[C@H](C)N1. The predicted octanol–water partition coefficient (Wildman–Crippen LogP) is 1.49. The fraction of sp³-hybridized carbons (Fsp3) is 0.667. The molecule has 142 valence electrons. The van der Waals surface area contributed by atoms with E-state index in [1.54, 1.807) is 6.20 Å². The van der Waals surface area contributed by atoms with Gasteiger partial charge in [0.15, 0.2) is 5.65 Å². The molecular formula is C18H29N7O. The highest BCUT2D eigenvalue weighted by Crippen LogP contribution is 2.22. The minimum Gasteiger partial charge on any atom is -0.310 e. The van der Waals surface area contributed by atoms with Crippen molar-refractivity contribution >= 4 is 22.8 Å². The molecular weight excluding hydrogens is 330 g/mol. The molecule has 8 nitrogen and oxygen atoms in total. The van der Waals surface area contributed by atoms with Crippen LogP contribution in [0.3, 0.4) is 0 Å². The molecule has 0 unspecified atom stereocenters. The van der Waals surface area contributed by atoms with Gasteiger partial charge in [-0.25, -0.2) is 14.6 Å². The van der Waals surface area contributed by atoms with Crippen LogP contribution < -0.4 is 10.6 Å². The van der Waals surface area contributed by atoms with E-state index in [9.17, 15) is 4.79 Å². The molecule has 0 radical (unpaired) electrons. The van der Waals surface area contributed by atoms with Crippen molar-refractivity contribution in [3.8, 4) is 0 Å². The summed E-state index contributed by atoms with van der Waals surface area (Å²) in [6, 6.07) is 0.990. The van der Waals surface area contributed by atoms with Crippen LogP contribution in [0.5, 0.6) is 0 Å². The first-order valence-corrected chi connectivity index (χ1v) is 9.20. The zero-order valence-corrected chi connectivity index (χ0v) is 16.3. The number of nitrogens with zero attached hydrogens (tertiary/aromatic N) is 5. The summed E-state index contributed by atoms with van der Waals surface area (Å²) in [5.41, 5.74) is 0.267. The van der Waals surface area contributed by atoms with Gasteiger partial charge in [0, 0.05) is 37.1 Å². The van der Waals surface area contributed by atoms with Crippen LogP contribution in [-0.4, -0.2) is 62.3 Å². The number of rotatable bonds is 4. The van der Waals surface area contributed by atoms with Crippen molar-refractivity contribution in [1.82, 2.24) is 30.0 Å². The summed E-state index contributed by atoms with van der Waals surface area (Å²) in [7, 11) is 0. The molecule has 1 saturated heterocycles. The largest absolute Gasteiger partial charge is 0.310 e. The summed E-state index contributed by atoms with van der Waals surface area (Å²) in [5, 5.41) is 11.7. The average Bonchev–Trinajstić information content (AvgIpc) is 2.95. The lowest BCUT2D eigenvalue weighted by Crippen LogP contribution is -2.54. The van der Waals surface area contributed by atoms with E-state index in [1.807, 2.05) is 25.5 Å². The molecule has 0 aromatic carbocycles. The number of piperazine rings is 1. The number of amides is 1. The van der Waals surface area contributed by atoms with Gasteiger partial charge in [0.1, 0.15) is 12.1 Å². The summed E-state index contributed by atoms with van der Waals surface area (Å²) in [5.74, 6) is 0.444. The van der Waals surface area contributed by atoms with Crippen LogP contribution in [-0.2, 0) is 11.3 Å². The number of nitrogens with one attached hydrogen (secondary N) is 2. The minimum atomic E-state index is -0.483. The highest BCUT2D eigenvalue weighted by atomic mass is 16.2. The standard InChI is InChI=1S/C18H29N7O/c1-12-9-24(10-13(2)22-12)6-7-25-16-14(8-21-25)15(19-11-20-16)23-17(26)18(3,4)5/h8,11-13,22H,6-7,9-10H2,1-5H3,(H,19,20,23,26)/t12-,13+. The van der Waals surface area contributed by atoms with Gasteiger partial charge < -0.3 is 10.6 Å². The molecule has 0 bridgehead atoms. The third kappa shape index (κ3) is 4.19. The summed E-state index contributed by atoms with van der Waals surface area (Å²) in [6.07, 6.45) is 3.21. The number of carbonyl (C=O) groups is 1. The first-order chi connectivity index (χ1) is 12.2. The molecule has 2 atom stereocenters. The molecule has 0 spiro atoms. The van der Waals surface area contributed by atoms with Crippen LogP contribution in [0.25, 0.3) is 11.0 Å². The smallest absolute Gasteiger partial charge is 0.230 e. The summed E-state index contributed by atoms with van der Waals surface area (Å²) in [6.45, 7) is 13.8. The molecule has 1 fully saturated rings. The number of hydrogen-bond donors (Lipinski definition) is 2. The quantitative estimate of drug-likeness (QED) is 0.860. The predicted molar refractivity (Wildman–Crippen MR) is 102 cm³/mol. The molecule has 1 amide bonds. The lowest BCUT2D eigenvalue weighted by Gasteiger charge is -2.36. The van der Waals surface area contributed by atoms with Gasteiger partial charge in [0.2, 0.25) is 5.91 Å². The van der Waals surface area contributed by atoms with Crippen molar-refractivity contribution in [2.75, 3.05) is 25.0 Å². The van der Waals surface area contributed by atoms with Gasteiger partial charge in [-0.1, -0.05) is 20.8 Å². The zero-order valence-electron chi connectivity index (χ0n) is 16.3. The van der Waals surface area contributed by atoms with Gasteiger partial charge in [-0.3, -0.25) is 9.69 Å². The first kappa shape index (κ1) is 18.7. The first-order valence-electron chi connectivity index (χ1n) is 9.20. The van der Waals surface area contributed by atoms with Crippen molar-refractivity contribution in [2.24, 2.45) is 5.41 Å². The monoisotopic (exact) mass is 359 g/mol. The van der Waals surface area contributed by atoms with Crippen molar-refractivity contribution in [2.45, 2.75) is 53.2 Å². The Bertz CT molecular complexity index is 769. The van der Waals surface area contributed by atoms with E-state index >= 15 is 0 Å². The molecule has 2 aromatic heterocycles. The van der Waals surface area contributed by atoms with E-state index in [-0.39, 0.29) is 5.91 Å². The van der Waals surface area contributed by atoms with E-state index in [1.165, 1.54) is 6.33 Å². The molecule has 26 heavy (non-hydrogen) atoms. The molecule has 0 saturated carbocycles. The lowest BCUT2D eigenvalue weighted by molar-refractivity contribution is -0.123. The summed E-state index contributed by atoms with van der Waals surface area (Å²) in [4.78, 5) is 23.3. The molecule has 2 N–H and O–H groups in total. The highest BCUT2D eigenvalue weighted by molar-refractivity contribution is 6.00. The van der Waals surface area contributed by atoms with Crippen molar-refractivity contribution in [3.63, 3.8) is 0 Å². The van der Waals surface area contributed by atoms with Crippen LogP contribution in [0.15, 0.2) is 12.5 Å². The Labute approximate surface area is 154 Å². The Hall–Kier alpha value is -2.06. The molecule has 8 heteroatoms. The maximum absolute atomic E-state index is 12.3. The van der Waals surface area contributed by atoms with E-state index in [2.05, 4.69) is 44.4 Å². The number of aromatic nitrogens is 4. The second-order valence-corrected chi connectivity index (χ2v) is 8.26. The van der Waals surface area contributed by atoms with Crippen molar-refractivity contribution < 1.29 is 4.79 Å². The van der Waals surface area contributed by atoms with Gasteiger partial charge in [0.25, 0.3) is 0 Å². The van der Waals surface area contributed by atoms with Crippen LogP contribution in [0.4, 0.5) is 5.82 Å². The Balaban J connectivity index is 1.73. The third-order valence-corrected chi connectivity index (χ3v) is 4.61. The number of fused-ring (bicyclic) bond motifs is 1. The Kier molecular flexibility index (Phi) is 5.24. The molecule has 2 aromatic rings. The van der Waals surface area contributed by atoms with Crippen LogP contribution in [0, 0.1) is 5.41 Å². The highest BCUT2D eigenvalue weighted by Gasteiger charge is 2.23. The number of hydrogen-bond acceptors (Lipinski definition) is 6. The molecule has 3 rings (SSSR count). The van der Waals surface area contributed by atoms with Crippen LogP contribution >= 0.6 is 0 Å². The van der Waals surface area contributed by atoms with Gasteiger partial charge in [-0.2, -0.15) is 5.10 Å². The molecule has 1 aliphatic heterocycles. The minimum absolute atomic E-state index is 0.0750. The van der Waals surface area contributed by atoms with E-state index in [0.29, 0.717) is 17.9 Å². The van der Waals surface area contributed by atoms with Gasteiger partial charge in [-0.15, -0.1) is 0 Å². The topological polar surface area (TPSA) is 88.0 Å². The van der Waals surface area contributed by atoms with Crippen LogP contribution in [0.1, 0.15) is 34.6 Å². The average molecular weight is 359 g/mol. The second kappa shape index (κ2) is 7.28. The van der Waals surface area contributed by atoms with Crippen molar-refractivity contribution in [1.29, 1.82) is 0 Å². The Morgan fingerprint density at radius 1 is 1.23 bits per heavy atom. The van der Waals surface area contributed by atoms with Gasteiger partial charge in [-0.05, 0) is 13.8 Å². The van der Waals surface area contributed by atoms with Gasteiger partial charge in [0.05, 0.1) is 18.1 Å². The van der Waals surface area contributed by atoms with E-state index < -0.39 is 5.41 Å². The molecule has 3 heterocycles. The van der Waals surface area contributed by atoms with E-state index in [0.717, 1.165) is 37.2 Å². The number of anilines is 1. The fourth-order valence-corrected chi connectivity index (χ4v) is 3.31. The Morgan fingerprint density at radius 3 is 2.58 bits per heavy atom. The maximum Gasteiger partial charge on any atom is 0.230 e. The zero-order chi connectivity index (χ0) is 18.9. The Morgan fingerprint density at radius 2 is 1.92 bits per heavy atom. The lowest BCUT2D eigenvalue weighted by atomic mass is 9.96.